The molecular formula is C63H42N2. The van der Waals surface area contributed by atoms with E-state index in [9.17, 15) is 0 Å². The molecule has 1 aliphatic rings. The summed E-state index contributed by atoms with van der Waals surface area (Å²) in [5.41, 5.74) is 16.4. The maximum absolute atomic E-state index is 2.49. The van der Waals surface area contributed by atoms with E-state index >= 15 is 0 Å². The fourth-order valence-electron chi connectivity index (χ4n) is 11.1. The number of para-hydroxylation sites is 2. The van der Waals surface area contributed by atoms with Gasteiger partial charge in [0.2, 0.25) is 0 Å². The highest BCUT2D eigenvalue weighted by atomic mass is 15.1. The van der Waals surface area contributed by atoms with E-state index in [0.29, 0.717) is 0 Å². The standard InChI is InChI=1S/C63H42N2/c1-3-23-46(24-4-1)63(47-25-5-2-6-26-47)56-32-14-11-30-52(56)53-40-38-48(42-57(53)63)64-61-34-16-13-31-54(61)55-39-37-45(41-62(55)64)51-29-12-15-33-58(51)65(59-35-17-21-43-19-7-9-27-49(43)59)60-36-18-22-44-20-8-10-28-50(44)60/h1-42H. The van der Waals surface area contributed by atoms with Gasteiger partial charge < -0.3 is 9.47 Å². The van der Waals surface area contributed by atoms with E-state index in [2.05, 4.69) is 264 Å². The second-order valence-electron chi connectivity index (χ2n) is 17.2. The lowest BCUT2D eigenvalue weighted by atomic mass is 9.67. The number of fused-ring (bicyclic) bond motifs is 8. The van der Waals surface area contributed by atoms with Crippen LogP contribution in [-0.2, 0) is 5.41 Å². The number of aromatic nitrogens is 1. The average molecular weight is 827 g/mol. The van der Waals surface area contributed by atoms with Gasteiger partial charge in [0.25, 0.3) is 0 Å². The van der Waals surface area contributed by atoms with Crippen molar-refractivity contribution in [1.82, 2.24) is 4.57 Å². The molecule has 0 unspecified atom stereocenters. The van der Waals surface area contributed by atoms with Crippen LogP contribution in [0, 0.1) is 0 Å². The molecule has 0 fully saturated rings. The molecule has 2 nitrogen and oxygen atoms in total. The molecule has 1 heterocycles. The number of nitrogens with zero attached hydrogens (tertiary/aromatic N) is 2. The first-order chi connectivity index (χ1) is 32.3. The van der Waals surface area contributed by atoms with Gasteiger partial charge in [-0.3, -0.25) is 0 Å². The first-order valence-electron chi connectivity index (χ1n) is 22.5. The molecule has 0 N–H and O–H groups in total. The van der Waals surface area contributed by atoms with E-state index in [1.54, 1.807) is 0 Å². The van der Waals surface area contributed by atoms with Crippen molar-refractivity contribution in [2.75, 3.05) is 4.90 Å². The molecule has 304 valence electrons. The Morgan fingerprint density at radius 2 is 0.815 bits per heavy atom. The van der Waals surface area contributed by atoms with Crippen LogP contribution in [0.4, 0.5) is 17.1 Å². The van der Waals surface area contributed by atoms with Crippen LogP contribution < -0.4 is 4.90 Å². The van der Waals surface area contributed by atoms with E-state index < -0.39 is 5.41 Å². The summed E-state index contributed by atoms with van der Waals surface area (Å²) in [7, 11) is 0. The van der Waals surface area contributed by atoms with E-state index in [0.717, 1.165) is 33.9 Å². The Kier molecular flexibility index (Phi) is 8.47. The molecule has 2 heteroatoms. The van der Waals surface area contributed by atoms with Gasteiger partial charge in [0, 0.05) is 32.8 Å². The van der Waals surface area contributed by atoms with Gasteiger partial charge in [0.1, 0.15) is 0 Å². The van der Waals surface area contributed by atoms with E-state index in [4.69, 9.17) is 0 Å². The van der Waals surface area contributed by atoms with Gasteiger partial charge in [-0.15, -0.1) is 0 Å². The first-order valence-corrected chi connectivity index (χ1v) is 22.5. The molecule has 0 saturated heterocycles. The first kappa shape index (κ1) is 37.1. The van der Waals surface area contributed by atoms with Gasteiger partial charge in [-0.2, -0.15) is 0 Å². The predicted octanol–water partition coefficient (Wildman–Crippen LogP) is 16.6. The molecule has 12 aromatic rings. The van der Waals surface area contributed by atoms with Crippen molar-refractivity contribution in [1.29, 1.82) is 0 Å². The number of benzene rings is 11. The van der Waals surface area contributed by atoms with Crippen molar-refractivity contribution in [3.8, 4) is 27.9 Å². The summed E-state index contributed by atoms with van der Waals surface area (Å²) >= 11 is 0. The van der Waals surface area contributed by atoms with Crippen LogP contribution in [0.5, 0.6) is 0 Å². The van der Waals surface area contributed by atoms with Gasteiger partial charge in [0.05, 0.1) is 33.5 Å². The molecule has 13 rings (SSSR count). The summed E-state index contributed by atoms with van der Waals surface area (Å²) in [5.74, 6) is 0. The largest absolute Gasteiger partial charge is 0.309 e. The summed E-state index contributed by atoms with van der Waals surface area (Å²) in [5, 5.41) is 7.28. The molecule has 0 atom stereocenters. The second-order valence-corrected chi connectivity index (χ2v) is 17.2. The molecule has 65 heavy (non-hydrogen) atoms. The average Bonchev–Trinajstić information content (AvgIpc) is 3.87. The van der Waals surface area contributed by atoms with Gasteiger partial charge >= 0.3 is 0 Å². The molecule has 0 radical (unpaired) electrons. The molecule has 0 amide bonds. The minimum atomic E-state index is -0.500. The zero-order chi connectivity index (χ0) is 42.9. The topological polar surface area (TPSA) is 8.17 Å². The number of hydrogen-bond donors (Lipinski definition) is 0. The SMILES string of the molecule is c1ccc(C2(c3ccccc3)c3ccccc3-c3ccc(-n4c5ccccc5c5ccc(-c6ccccc6N(c6cccc7ccccc67)c6cccc7ccccc67)cc54)cc32)cc1. The van der Waals surface area contributed by atoms with Crippen LogP contribution in [0.15, 0.2) is 255 Å². The lowest BCUT2D eigenvalue weighted by Crippen LogP contribution is -2.28. The molecule has 1 aromatic heterocycles. The van der Waals surface area contributed by atoms with Gasteiger partial charge in [-0.1, -0.05) is 212 Å². The Morgan fingerprint density at radius 3 is 1.51 bits per heavy atom. The third-order valence-electron chi connectivity index (χ3n) is 13.8. The Bertz CT molecular complexity index is 3660. The van der Waals surface area contributed by atoms with Crippen LogP contribution in [0.25, 0.3) is 71.3 Å². The molecular weight excluding hydrogens is 785 g/mol. The lowest BCUT2D eigenvalue weighted by molar-refractivity contribution is 0.767. The summed E-state index contributed by atoms with van der Waals surface area (Å²) in [4.78, 5) is 2.48. The fraction of sp³-hybridized carbons (Fsp3) is 0.0159. The molecule has 0 bridgehead atoms. The molecule has 0 aliphatic heterocycles. The third kappa shape index (κ3) is 5.60. The predicted molar refractivity (Wildman–Crippen MR) is 273 cm³/mol. The minimum absolute atomic E-state index is 0.500. The van der Waals surface area contributed by atoms with Crippen LogP contribution in [0.2, 0.25) is 0 Å². The quantitative estimate of drug-likeness (QED) is 0.155. The Labute approximate surface area is 378 Å². The zero-order valence-corrected chi connectivity index (χ0v) is 35.6. The number of rotatable bonds is 7. The smallest absolute Gasteiger partial charge is 0.0714 e. The van der Waals surface area contributed by atoms with E-state index in [-0.39, 0.29) is 0 Å². The summed E-state index contributed by atoms with van der Waals surface area (Å²) in [6.07, 6.45) is 0. The Morgan fingerprint density at radius 1 is 0.308 bits per heavy atom. The normalized spacial score (nSPS) is 12.7. The monoisotopic (exact) mass is 826 g/mol. The summed E-state index contributed by atoms with van der Waals surface area (Å²) in [6.45, 7) is 0. The Balaban J connectivity index is 1.06. The summed E-state index contributed by atoms with van der Waals surface area (Å²) in [6, 6.07) is 94.0. The fourth-order valence-corrected chi connectivity index (χ4v) is 11.1. The lowest BCUT2D eigenvalue weighted by Gasteiger charge is -2.34. The number of anilines is 3. The highest BCUT2D eigenvalue weighted by Gasteiger charge is 2.46. The van der Waals surface area contributed by atoms with E-state index in [1.807, 2.05) is 0 Å². The van der Waals surface area contributed by atoms with Crippen LogP contribution in [0.1, 0.15) is 22.3 Å². The van der Waals surface area contributed by atoms with Crippen molar-refractivity contribution >= 4 is 60.4 Å². The van der Waals surface area contributed by atoms with Crippen LogP contribution in [-0.4, -0.2) is 4.57 Å². The van der Waals surface area contributed by atoms with Crippen molar-refractivity contribution in [2.24, 2.45) is 0 Å². The van der Waals surface area contributed by atoms with Crippen molar-refractivity contribution in [3.63, 3.8) is 0 Å². The van der Waals surface area contributed by atoms with Crippen molar-refractivity contribution in [2.45, 2.75) is 5.41 Å². The van der Waals surface area contributed by atoms with Crippen molar-refractivity contribution in [3.05, 3.63) is 277 Å². The third-order valence-corrected chi connectivity index (χ3v) is 13.8. The minimum Gasteiger partial charge on any atom is -0.309 e. The molecule has 0 spiro atoms. The zero-order valence-electron chi connectivity index (χ0n) is 35.6. The van der Waals surface area contributed by atoms with Gasteiger partial charge in [0.15, 0.2) is 0 Å². The molecule has 0 saturated carbocycles. The molecule has 1 aliphatic carbocycles. The molecule has 11 aromatic carbocycles. The number of hydrogen-bond acceptors (Lipinski definition) is 1. The maximum atomic E-state index is 2.49. The second kappa shape index (κ2) is 14.8. The maximum Gasteiger partial charge on any atom is 0.0714 e. The summed E-state index contributed by atoms with van der Waals surface area (Å²) < 4.78 is 2.49. The van der Waals surface area contributed by atoms with Crippen molar-refractivity contribution < 1.29 is 0 Å². The van der Waals surface area contributed by atoms with Crippen LogP contribution >= 0.6 is 0 Å². The van der Waals surface area contributed by atoms with E-state index in [1.165, 1.54) is 76.7 Å². The Hall–Kier alpha value is -8.46. The van der Waals surface area contributed by atoms with Crippen LogP contribution in [0.3, 0.4) is 0 Å². The highest BCUT2D eigenvalue weighted by molar-refractivity contribution is 6.11. The van der Waals surface area contributed by atoms with Gasteiger partial charge in [-0.25, -0.2) is 0 Å². The van der Waals surface area contributed by atoms with Gasteiger partial charge in [-0.05, 0) is 92.2 Å². The highest BCUT2D eigenvalue weighted by Crippen LogP contribution is 2.57.